The summed E-state index contributed by atoms with van der Waals surface area (Å²) < 4.78 is 0. The van der Waals surface area contributed by atoms with Gasteiger partial charge in [0, 0.05) is 5.92 Å². The van der Waals surface area contributed by atoms with Crippen molar-refractivity contribution in [3.05, 3.63) is 71.8 Å². The van der Waals surface area contributed by atoms with Crippen molar-refractivity contribution in [3.63, 3.8) is 0 Å². The van der Waals surface area contributed by atoms with Crippen LogP contribution >= 0.6 is 0 Å². The highest BCUT2D eigenvalue weighted by molar-refractivity contribution is 5.83. The third kappa shape index (κ3) is 6.93. The molecule has 0 saturated carbocycles. The number of hydrogen-bond donors (Lipinski definition) is 3. The molecule has 2 unspecified atom stereocenters. The van der Waals surface area contributed by atoms with Crippen LogP contribution < -0.4 is 5.32 Å². The van der Waals surface area contributed by atoms with Gasteiger partial charge in [0.05, 0.1) is 5.92 Å². The zero-order valence-corrected chi connectivity index (χ0v) is 14.9. The molecule has 142 valence electrons. The van der Waals surface area contributed by atoms with Gasteiger partial charge in [0.1, 0.15) is 6.54 Å². The third-order valence-electron chi connectivity index (χ3n) is 4.35. The minimum Gasteiger partial charge on any atom is -0.481 e. The summed E-state index contributed by atoms with van der Waals surface area (Å²) in [6, 6.07) is 18.5. The van der Waals surface area contributed by atoms with Crippen molar-refractivity contribution in [2.75, 3.05) is 6.54 Å². The Morgan fingerprint density at radius 3 is 1.70 bits per heavy atom. The number of carboxylic acids is 2. The molecule has 3 N–H and O–H groups in total. The van der Waals surface area contributed by atoms with E-state index in [2.05, 4.69) is 5.32 Å². The second-order valence-corrected chi connectivity index (χ2v) is 6.46. The van der Waals surface area contributed by atoms with Gasteiger partial charge in [-0.05, 0) is 30.4 Å². The Hall–Kier alpha value is -3.15. The normalized spacial score (nSPS) is 12.7. The van der Waals surface area contributed by atoms with Crippen LogP contribution in [0.15, 0.2) is 60.7 Å². The van der Waals surface area contributed by atoms with Crippen molar-refractivity contribution in [1.29, 1.82) is 0 Å². The lowest BCUT2D eigenvalue weighted by atomic mass is 9.85. The maximum Gasteiger partial charge on any atom is 0.322 e. The van der Waals surface area contributed by atoms with Gasteiger partial charge >= 0.3 is 11.9 Å². The second kappa shape index (κ2) is 10.1. The van der Waals surface area contributed by atoms with Crippen molar-refractivity contribution in [3.8, 4) is 0 Å². The highest BCUT2D eigenvalue weighted by Gasteiger charge is 2.28. The number of rotatable bonds is 10. The van der Waals surface area contributed by atoms with Gasteiger partial charge in [-0.2, -0.15) is 0 Å². The Bertz CT molecular complexity index is 761. The molecular formula is C21H23NO5. The van der Waals surface area contributed by atoms with Crippen molar-refractivity contribution in [2.24, 2.45) is 11.8 Å². The minimum atomic E-state index is -1.14. The summed E-state index contributed by atoms with van der Waals surface area (Å²) in [4.78, 5) is 35.0. The van der Waals surface area contributed by atoms with E-state index in [0.29, 0.717) is 12.8 Å². The molecule has 0 radical (unpaired) electrons. The minimum absolute atomic E-state index is 0.130. The van der Waals surface area contributed by atoms with E-state index < -0.39 is 36.2 Å². The molecule has 0 fully saturated rings. The Morgan fingerprint density at radius 1 is 0.778 bits per heavy atom. The topological polar surface area (TPSA) is 104 Å². The predicted molar refractivity (Wildman–Crippen MR) is 100 cm³/mol. The number of benzene rings is 2. The first-order valence-corrected chi connectivity index (χ1v) is 8.76. The predicted octanol–water partition coefficient (Wildman–Crippen LogP) is 2.38. The van der Waals surface area contributed by atoms with Crippen LogP contribution in [-0.2, 0) is 27.2 Å². The molecule has 0 heterocycles. The standard InChI is InChI=1S/C21H23NO5/c23-19(24)14-22-20(25)17(11-15-7-3-1-4-8-15)13-18(21(26)27)12-16-9-5-2-6-10-16/h1-10,17-18H,11-14H2,(H,22,25)(H,23,24)(H,26,27). The summed E-state index contributed by atoms with van der Waals surface area (Å²) in [5.41, 5.74) is 1.78. The van der Waals surface area contributed by atoms with Crippen LogP contribution in [0.3, 0.4) is 0 Å². The molecule has 0 spiro atoms. The molecule has 6 nitrogen and oxygen atoms in total. The molecule has 0 aliphatic rings. The Labute approximate surface area is 157 Å². The van der Waals surface area contributed by atoms with Gasteiger partial charge in [-0.25, -0.2) is 0 Å². The number of carbonyl (C=O) groups excluding carboxylic acids is 1. The fourth-order valence-electron chi connectivity index (χ4n) is 3.00. The summed E-state index contributed by atoms with van der Waals surface area (Å²) in [6.45, 7) is -0.486. The molecule has 0 saturated heterocycles. The van der Waals surface area contributed by atoms with Crippen LogP contribution in [0, 0.1) is 11.8 Å². The zero-order valence-electron chi connectivity index (χ0n) is 14.9. The fraction of sp³-hybridized carbons (Fsp3) is 0.286. The fourth-order valence-corrected chi connectivity index (χ4v) is 3.00. The first-order valence-electron chi connectivity index (χ1n) is 8.76. The highest BCUT2D eigenvalue weighted by Crippen LogP contribution is 2.22. The van der Waals surface area contributed by atoms with E-state index in [1.807, 2.05) is 60.7 Å². The molecule has 2 aromatic rings. The number of amides is 1. The molecule has 27 heavy (non-hydrogen) atoms. The van der Waals surface area contributed by atoms with Crippen molar-refractivity contribution < 1.29 is 24.6 Å². The van der Waals surface area contributed by atoms with Crippen LogP contribution in [-0.4, -0.2) is 34.6 Å². The first kappa shape index (κ1) is 20.2. The van der Waals surface area contributed by atoms with Gasteiger partial charge in [0.25, 0.3) is 0 Å². The quantitative estimate of drug-likeness (QED) is 0.597. The molecule has 0 aliphatic carbocycles. The van der Waals surface area contributed by atoms with E-state index in [1.165, 1.54) is 0 Å². The Balaban J connectivity index is 2.15. The lowest BCUT2D eigenvalue weighted by molar-refractivity contribution is -0.143. The molecule has 0 aliphatic heterocycles. The van der Waals surface area contributed by atoms with Crippen LogP contribution in [0.5, 0.6) is 0 Å². The molecule has 2 rings (SSSR count). The summed E-state index contributed by atoms with van der Waals surface area (Å²) in [5, 5.41) is 20.8. The van der Waals surface area contributed by atoms with Crippen LogP contribution in [0.4, 0.5) is 0 Å². The van der Waals surface area contributed by atoms with Gasteiger partial charge in [0.15, 0.2) is 0 Å². The average molecular weight is 369 g/mol. The lowest BCUT2D eigenvalue weighted by Crippen LogP contribution is -2.37. The molecule has 2 atom stereocenters. The summed E-state index contributed by atoms with van der Waals surface area (Å²) in [7, 11) is 0. The maximum absolute atomic E-state index is 12.5. The smallest absolute Gasteiger partial charge is 0.322 e. The van der Waals surface area contributed by atoms with Crippen molar-refractivity contribution in [1.82, 2.24) is 5.32 Å². The summed E-state index contributed by atoms with van der Waals surface area (Å²) >= 11 is 0. The number of hydrogen-bond acceptors (Lipinski definition) is 3. The van der Waals surface area contributed by atoms with E-state index in [4.69, 9.17) is 5.11 Å². The third-order valence-corrected chi connectivity index (χ3v) is 4.35. The van der Waals surface area contributed by atoms with Crippen LogP contribution in [0.25, 0.3) is 0 Å². The number of nitrogens with one attached hydrogen (secondary N) is 1. The van der Waals surface area contributed by atoms with Gasteiger partial charge < -0.3 is 15.5 Å². The molecule has 1 amide bonds. The Morgan fingerprint density at radius 2 is 1.26 bits per heavy atom. The van der Waals surface area contributed by atoms with Crippen molar-refractivity contribution in [2.45, 2.75) is 19.3 Å². The number of carbonyl (C=O) groups is 3. The van der Waals surface area contributed by atoms with E-state index >= 15 is 0 Å². The number of carboxylic acid groups (broad SMARTS) is 2. The summed E-state index contributed by atoms with van der Waals surface area (Å²) in [5.74, 6) is -3.92. The second-order valence-electron chi connectivity index (χ2n) is 6.46. The lowest BCUT2D eigenvalue weighted by Gasteiger charge is -2.21. The first-order chi connectivity index (χ1) is 13.0. The van der Waals surface area contributed by atoms with Gasteiger partial charge in [-0.1, -0.05) is 60.7 Å². The summed E-state index contributed by atoms with van der Waals surface area (Å²) in [6.07, 6.45) is 0.795. The molecule has 6 heteroatoms. The average Bonchev–Trinajstić information content (AvgIpc) is 2.66. The van der Waals surface area contributed by atoms with E-state index in [-0.39, 0.29) is 6.42 Å². The van der Waals surface area contributed by atoms with Crippen LogP contribution in [0.2, 0.25) is 0 Å². The SMILES string of the molecule is O=C(O)CNC(=O)C(Cc1ccccc1)CC(Cc1ccccc1)C(=O)O. The largest absolute Gasteiger partial charge is 0.481 e. The van der Waals surface area contributed by atoms with Gasteiger partial charge in [0.2, 0.25) is 5.91 Å². The van der Waals surface area contributed by atoms with E-state index in [1.54, 1.807) is 0 Å². The maximum atomic E-state index is 12.5. The van der Waals surface area contributed by atoms with Crippen LogP contribution in [0.1, 0.15) is 17.5 Å². The van der Waals surface area contributed by atoms with E-state index in [9.17, 15) is 19.5 Å². The van der Waals surface area contributed by atoms with Crippen molar-refractivity contribution >= 4 is 17.8 Å². The Kier molecular flexibility index (Phi) is 7.55. The monoisotopic (exact) mass is 369 g/mol. The van der Waals surface area contributed by atoms with Gasteiger partial charge in [-0.15, -0.1) is 0 Å². The molecule has 0 aromatic heterocycles. The van der Waals surface area contributed by atoms with Gasteiger partial charge in [-0.3, -0.25) is 14.4 Å². The zero-order chi connectivity index (χ0) is 19.6. The molecule has 0 bridgehead atoms. The number of aliphatic carboxylic acids is 2. The molecular weight excluding hydrogens is 346 g/mol. The highest BCUT2D eigenvalue weighted by atomic mass is 16.4. The van der Waals surface area contributed by atoms with E-state index in [0.717, 1.165) is 11.1 Å². The molecule has 2 aromatic carbocycles.